The molecule has 0 spiro atoms. The molecule has 0 amide bonds. The van der Waals surface area contributed by atoms with Crippen LogP contribution in [0.1, 0.15) is 11.4 Å². The largest absolute Gasteiger partial charge is 0.506 e. The highest BCUT2D eigenvalue weighted by atomic mass is 16.5. The maximum absolute atomic E-state index is 12.0. The van der Waals surface area contributed by atoms with Crippen LogP contribution in [0, 0.1) is 6.92 Å². The number of anilines is 1. The average Bonchev–Trinajstić information content (AvgIpc) is 2.60. The number of aryl methyl sites for hydroxylation is 2. The quantitative estimate of drug-likeness (QED) is 0.815. The van der Waals surface area contributed by atoms with Crippen molar-refractivity contribution in [2.24, 2.45) is 7.05 Å². The van der Waals surface area contributed by atoms with Crippen LogP contribution in [0.15, 0.2) is 29.3 Å². The van der Waals surface area contributed by atoms with Gasteiger partial charge in [-0.05, 0) is 19.1 Å². The van der Waals surface area contributed by atoms with Crippen LogP contribution in [0.25, 0.3) is 0 Å². The average molecular weight is 345 g/mol. The van der Waals surface area contributed by atoms with Crippen LogP contribution in [-0.2, 0) is 18.3 Å². The summed E-state index contributed by atoms with van der Waals surface area (Å²) in [6.07, 6.45) is 3.14. The number of rotatable bonds is 5. The van der Waals surface area contributed by atoms with Crippen molar-refractivity contribution in [1.29, 1.82) is 0 Å². The van der Waals surface area contributed by atoms with Gasteiger partial charge in [-0.3, -0.25) is 14.7 Å². The smallest absolute Gasteiger partial charge is 0.293 e. The topological polar surface area (TPSA) is 92.5 Å². The van der Waals surface area contributed by atoms with Gasteiger partial charge < -0.3 is 19.7 Å². The number of ether oxygens (including phenoxy) is 1. The molecule has 1 unspecified atom stereocenters. The lowest BCUT2D eigenvalue weighted by molar-refractivity contribution is -0.0246. The minimum atomic E-state index is -0.163. The summed E-state index contributed by atoms with van der Waals surface area (Å²) in [4.78, 5) is 22.6. The van der Waals surface area contributed by atoms with Gasteiger partial charge in [-0.25, -0.2) is 4.98 Å². The molecule has 0 radical (unpaired) electrons. The van der Waals surface area contributed by atoms with E-state index in [0.717, 1.165) is 12.2 Å². The second kappa shape index (κ2) is 7.62. The van der Waals surface area contributed by atoms with Gasteiger partial charge in [0.1, 0.15) is 5.75 Å². The lowest BCUT2D eigenvalue weighted by atomic mass is 10.2. The first-order chi connectivity index (χ1) is 12.0. The van der Waals surface area contributed by atoms with Crippen LogP contribution >= 0.6 is 0 Å². The van der Waals surface area contributed by atoms with Gasteiger partial charge in [0.25, 0.3) is 5.56 Å². The number of hydrogen-bond donors (Lipinski definition) is 2. The Kier molecular flexibility index (Phi) is 5.30. The number of nitrogens with zero attached hydrogens (tertiary/aromatic N) is 4. The predicted octanol–water partition coefficient (Wildman–Crippen LogP) is 0.502. The van der Waals surface area contributed by atoms with Gasteiger partial charge in [-0.2, -0.15) is 0 Å². The van der Waals surface area contributed by atoms with Crippen molar-refractivity contribution in [3.8, 4) is 5.75 Å². The zero-order chi connectivity index (χ0) is 17.8. The van der Waals surface area contributed by atoms with E-state index in [-0.39, 0.29) is 17.4 Å². The van der Waals surface area contributed by atoms with E-state index < -0.39 is 0 Å². The van der Waals surface area contributed by atoms with Gasteiger partial charge in [-0.1, -0.05) is 0 Å². The van der Waals surface area contributed by atoms with Gasteiger partial charge in [0, 0.05) is 51.3 Å². The first-order valence-electron chi connectivity index (χ1n) is 8.28. The Labute approximate surface area is 146 Å². The van der Waals surface area contributed by atoms with Crippen LogP contribution in [0.5, 0.6) is 5.75 Å². The van der Waals surface area contributed by atoms with E-state index in [9.17, 15) is 9.90 Å². The third-order valence-electron chi connectivity index (χ3n) is 4.20. The van der Waals surface area contributed by atoms with Crippen molar-refractivity contribution in [1.82, 2.24) is 19.4 Å². The number of morpholine rings is 1. The summed E-state index contributed by atoms with van der Waals surface area (Å²) in [5.41, 5.74) is 1.39. The monoisotopic (exact) mass is 345 g/mol. The lowest BCUT2D eigenvalue weighted by Gasteiger charge is -2.32. The van der Waals surface area contributed by atoms with Crippen molar-refractivity contribution in [2.45, 2.75) is 19.6 Å². The molecule has 0 saturated carbocycles. The Balaban J connectivity index is 1.58. The lowest BCUT2D eigenvalue weighted by Crippen LogP contribution is -2.45. The number of aromatic hydroxyl groups is 1. The third kappa shape index (κ3) is 4.34. The van der Waals surface area contributed by atoms with Gasteiger partial charge in [0.05, 0.1) is 18.4 Å². The van der Waals surface area contributed by atoms with Gasteiger partial charge in [-0.15, -0.1) is 0 Å². The SMILES string of the molecule is Cc1ccc(O)c(CN2CCOC(CNc3nccn(C)c3=O)C2)n1. The molecule has 3 heterocycles. The number of nitrogens with one attached hydrogen (secondary N) is 1. The Bertz CT molecular complexity index is 792. The molecule has 1 atom stereocenters. The van der Waals surface area contributed by atoms with Crippen molar-refractivity contribution < 1.29 is 9.84 Å². The van der Waals surface area contributed by atoms with Gasteiger partial charge in [0.2, 0.25) is 0 Å². The number of aromatic nitrogens is 3. The summed E-state index contributed by atoms with van der Waals surface area (Å²) in [5.74, 6) is 0.535. The molecule has 1 aliphatic rings. The summed E-state index contributed by atoms with van der Waals surface area (Å²) in [5, 5.41) is 13.0. The van der Waals surface area contributed by atoms with Gasteiger partial charge >= 0.3 is 0 Å². The first-order valence-corrected chi connectivity index (χ1v) is 8.28. The highest BCUT2D eigenvalue weighted by molar-refractivity contribution is 5.31. The molecule has 0 aliphatic carbocycles. The molecule has 1 fully saturated rings. The molecule has 3 rings (SSSR count). The van der Waals surface area contributed by atoms with E-state index in [1.165, 1.54) is 4.57 Å². The molecule has 2 N–H and O–H groups in total. The van der Waals surface area contributed by atoms with Crippen LogP contribution in [-0.4, -0.2) is 56.9 Å². The van der Waals surface area contributed by atoms with Crippen molar-refractivity contribution in [3.05, 3.63) is 46.3 Å². The minimum Gasteiger partial charge on any atom is -0.506 e. The molecule has 25 heavy (non-hydrogen) atoms. The summed E-state index contributed by atoms with van der Waals surface area (Å²) in [6, 6.07) is 3.46. The van der Waals surface area contributed by atoms with Crippen molar-refractivity contribution in [2.75, 3.05) is 31.6 Å². The van der Waals surface area contributed by atoms with Crippen LogP contribution in [0.2, 0.25) is 0 Å². The molecule has 8 nitrogen and oxygen atoms in total. The maximum Gasteiger partial charge on any atom is 0.293 e. The van der Waals surface area contributed by atoms with Crippen LogP contribution < -0.4 is 10.9 Å². The molecule has 2 aromatic heterocycles. The molecule has 1 aliphatic heterocycles. The third-order valence-corrected chi connectivity index (χ3v) is 4.20. The molecule has 0 bridgehead atoms. The van der Waals surface area contributed by atoms with Crippen LogP contribution in [0.3, 0.4) is 0 Å². The predicted molar refractivity (Wildman–Crippen MR) is 93.6 cm³/mol. The Hall–Kier alpha value is -2.45. The summed E-state index contributed by atoms with van der Waals surface area (Å²) in [6.45, 7) is 5.03. The Morgan fingerprint density at radius 3 is 3.12 bits per heavy atom. The van der Waals surface area contributed by atoms with E-state index in [1.54, 1.807) is 31.6 Å². The zero-order valence-corrected chi connectivity index (χ0v) is 14.5. The second-order valence-corrected chi connectivity index (χ2v) is 6.22. The van der Waals surface area contributed by atoms with E-state index in [0.29, 0.717) is 37.8 Å². The summed E-state index contributed by atoms with van der Waals surface area (Å²) >= 11 is 0. The highest BCUT2D eigenvalue weighted by Crippen LogP contribution is 2.18. The fraction of sp³-hybridized carbons (Fsp3) is 0.471. The molecule has 0 aromatic carbocycles. The summed E-state index contributed by atoms with van der Waals surface area (Å²) in [7, 11) is 1.69. The van der Waals surface area contributed by atoms with E-state index >= 15 is 0 Å². The highest BCUT2D eigenvalue weighted by Gasteiger charge is 2.22. The Morgan fingerprint density at radius 1 is 1.44 bits per heavy atom. The minimum absolute atomic E-state index is 0.0626. The fourth-order valence-corrected chi connectivity index (χ4v) is 2.81. The fourth-order valence-electron chi connectivity index (χ4n) is 2.81. The van der Waals surface area contributed by atoms with E-state index in [2.05, 4.69) is 20.2 Å². The van der Waals surface area contributed by atoms with E-state index in [4.69, 9.17) is 4.74 Å². The van der Waals surface area contributed by atoms with Crippen molar-refractivity contribution >= 4 is 5.82 Å². The molecule has 2 aromatic rings. The first kappa shape index (κ1) is 17.4. The number of pyridine rings is 1. The zero-order valence-electron chi connectivity index (χ0n) is 14.5. The van der Waals surface area contributed by atoms with Gasteiger partial charge in [0.15, 0.2) is 5.82 Å². The standard InChI is InChI=1S/C17H23N5O3/c1-12-3-4-15(23)14(20-12)11-22-7-8-25-13(10-22)9-19-16-17(24)21(2)6-5-18-16/h3-6,13,23H,7-11H2,1-2H3,(H,18,19). The Morgan fingerprint density at radius 2 is 2.28 bits per heavy atom. The second-order valence-electron chi connectivity index (χ2n) is 6.22. The van der Waals surface area contributed by atoms with E-state index in [1.807, 2.05) is 6.92 Å². The molecular formula is C17H23N5O3. The molecular weight excluding hydrogens is 322 g/mol. The summed E-state index contributed by atoms with van der Waals surface area (Å²) < 4.78 is 7.25. The van der Waals surface area contributed by atoms with Crippen molar-refractivity contribution in [3.63, 3.8) is 0 Å². The molecule has 134 valence electrons. The number of hydrogen-bond acceptors (Lipinski definition) is 7. The molecule has 1 saturated heterocycles. The maximum atomic E-state index is 12.0. The normalized spacial score (nSPS) is 18.2. The van der Waals surface area contributed by atoms with Crippen LogP contribution in [0.4, 0.5) is 5.82 Å². The molecule has 8 heteroatoms.